The minimum absolute atomic E-state index is 0.170. The number of hydrogen-bond donors (Lipinski definition) is 1. The van der Waals surface area contributed by atoms with Gasteiger partial charge in [0.2, 0.25) is 10.0 Å². The molecule has 11 heteroatoms. The molecule has 1 aromatic heterocycles. The maximum absolute atomic E-state index is 13.1. The highest BCUT2D eigenvalue weighted by molar-refractivity contribution is 7.89. The molecule has 2 aromatic carbocycles. The lowest BCUT2D eigenvalue weighted by Crippen LogP contribution is -2.32. The average Bonchev–Trinajstić information content (AvgIpc) is 2.74. The van der Waals surface area contributed by atoms with E-state index in [1.165, 1.54) is 25.3 Å². The highest BCUT2D eigenvalue weighted by Crippen LogP contribution is 2.33. The maximum Gasteiger partial charge on any atom is 0.417 e. The van der Waals surface area contributed by atoms with E-state index in [1.807, 2.05) is 0 Å². The Labute approximate surface area is 176 Å². The number of benzene rings is 2. The van der Waals surface area contributed by atoms with E-state index < -0.39 is 32.2 Å². The van der Waals surface area contributed by atoms with E-state index in [0.717, 1.165) is 16.8 Å². The van der Waals surface area contributed by atoms with Crippen molar-refractivity contribution in [3.05, 3.63) is 76.6 Å². The third-order valence-corrected chi connectivity index (χ3v) is 5.87. The number of hydrogen-bond acceptors (Lipinski definition) is 5. The molecule has 1 heterocycles. The fraction of sp³-hybridized carbons (Fsp3) is 0.200. The summed E-state index contributed by atoms with van der Waals surface area (Å²) in [6.45, 7) is -0.496. The number of methoxy groups -OCH3 is 1. The number of aromatic nitrogens is 2. The monoisotopic (exact) mass is 453 g/mol. The minimum atomic E-state index is -4.82. The zero-order valence-electron chi connectivity index (χ0n) is 16.3. The fourth-order valence-corrected chi connectivity index (χ4v) is 4.07. The summed E-state index contributed by atoms with van der Waals surface area (Å²) in [5, 5.41) is 4.20. The zero-order chi connectivity index (χ0) is 22.6. The van der Waals surface area contributed by atoms with Crippen molar-refractivity contribution in [2.75, 3.05) is 13.7 Å². The van der Waals surface area contributed by atoms with E-state index in [0.29, 0.717) is 23.1 Å². The highest BCUT2D eigenvalue weighted by atomic mass is 32.2. The van der Waals surface area contributed by atoms with Crippen molar-refractivity contribution < 1.29 is 26.3 Å². The van der Waals surface area contributed by atoms with Gasteiger partial charge in [0.15, 0.2) is 0 Å². The van der Waals surface area contributed by atoms with Gasteiger partial charge < -0.3 is 4.74 Å². The molecule has 164 valence electrons. The molecule has 0 aliphatic rings. The molecule has 3 rings (SSSR count). The van der Waals surface area contributed by atoms with Crippen LogP contribution in [0.25, 0.3) is 11.3 Å². The lowest BCUT2D eigenvalue weighted by molar-refractivity contribution is -0.139. The second-order valence-electron chi connectivity index (χ2n) is 6.40. The van der Waals surface area contributed by atoms with Crippen LogP contribution in [0.5, 0.6) is 5.75 Å². The first-order valence-corrected chi connectivity index (χ1v) is 10.5. The Morgan fingerprint density at radius 3 is 2.35 bits per heavy atom. The summed E-state index contributed by atoms with van der Waals surface area (Å²) in [6.07, 6.45) is -4.82. The maximum atomic E-state index is 13.1. The van der Waals surface area contributed by atoms with Gasteiger partial charge in [0.1, 0.15) is 5.75 Å². The standard InChI is InChI=1S/C20H18F3N3O4S/c1-30-15-8-6-14(7-9-15)17-10-11-19(27)26(25-17)13-12-24-31(28,29)18-5-3-2-4-16(18)20(21,22)23/h2-11,24H,12-13H2,1H3. The van der Waals surface area contributed by atoms with Crippen molar-refractivity contribution in [1.29, 1.82) is 0 Å². The van der Waals surface area contributed by atoms with Crippen LogP contribution in [0.2, 0.25) is 0 Å². The first-order chi connectivity index (χ1) is 14.6. The van der Waals surface area contributed by atoms with Crippen LogP contribution in [0.3, 0.4) is 0 Å². The largest absolute Gasteiger partial charge is 0.497 e. The molecule has 0 amide bonds. The molecule has 0 unspecified atom stereocenters. The topological polar surface area (TPSA) is 90.3 Å². The van der Waals surface area contributed by atoms with Crippen LogP contribution in [0.15, 0.2) is 70.4 Å². The molecule has 0 fully saturated rings. The molecular formula is C20H18F3N3O4S. The molecule has 7 nitrogen and oxygen atoms in total. The van der Waals surface area contributed by atoms with E-state index in [2.05, 4.69) is 9.82 Å². The zero-order valence-corrected chi connectivity index (χ0v) is 17.1. The Bertz CT molecular complexity index is 1220. The predicted octanol–water partition coefficient (Wildman–Crippen LogP) is 2.92. The van der Waals surface area contributed by atoms with Crippen molar-refractivity contribution in [3.8, 4) is 17.0 Å². The number of nitrogens with zero attached hydrogens (tertiary/aromatic N) is 2. The van der Waals surface area contributed by atoms with Crippen molar-refractivity contribution >= 4 is 10.0 Å². The summed E-state index contributed by atoms with van der Waals surface area (Å²) >= 11 is 0. The Balaban J connectivity index is 1.77. The third-order valence-electron chi connectivity index (χ3n) is 4.35. The number of halogens is 3. The number of rotatable bonds is 7. The van der Waals surface area contributed by atoms with E-state index in [4.69, 9.17) is 4.74 Å². The van der Waals surface area contributed by atoms with Gasteiger partial charge in [-0.25, -0.2) is 17.8 Å². The Morgan fingerprint density at radius 1 is 1.03 bits per heavy atom. The van der Waals surface area contributed by atoms with Gasteiger partial charge in [-0.15, -0.1) is 0 Å². The summed E-state index contributed by atoms with van der Waals surface area (Å²) in [4.78, 5) is 11.2. The first kappa shape index (κ1) is 22.5. The van der Waals surface area contributed by atoms with Crippen molar-refractivity contribution in [3.63, 3.8) is 0 Å². The molecule has 0 spiro atoms. The smallest absolute Gasteiger partial charge is 0.417 e. The van der Waals surface area contributed by atoms with Crippen molar-refractivity contribution in [2.24, 2.45) is 0 Å². The van der Waals surface area contributed by atoms with Gasteiger partial charge in [0.25, 0.3) is 5.56 Å². The quantitative estimate of drug-likeness (QED) is 0.594. The Morgan fingerprint density at radius 2 is 1.71 bits per heavy atom. The molecule has 0 aliphatic heterocycles. The lowest BCUT2D eigenvalue weighted by atomic mass is 10.1. The summed E-state index contributed by atoms with van der Waals surface area (Å²) < 4.78 is 72.4. The van der Waals surface area contributed by atoms with E-state index in [1.54, 1.807) is 24.3 Å². The van der Waals surface area contributed by atoms with Gasteiger partial charge in [0.05, 0.1) is 29.8 Å². The van der Waals surface area contributed by atoms with Crippen LogP contribution < -0.4 is 15.0 Å². The first-order valence-electron chi connectivity index (χ1n) is 9.00. The minimum Gasteiger partial charge on any atom is -0.497 e. The van der Waals surface area contributed by atoms with Gasteiger partial charge in [-0.2, -0.15) is 18.3 Å². The summed E-state index contributed by atoms with van der Waals surface area (Å²) in [5.74, 6) is 0.644. The van der Waals surface area contributed by atoms with Crippen LogP contribution >= 0.6 is 0 Å². The van der Waals surface area contributed by atoms with Crippen molar-refractivity contribution in [2.45, 2.75) is 17.6 Å². The second kappa shape index (κ2) is 8.90. The Hall–Kier alpha value is -3.18. The van der Waals surface area contributed by atoms with Gasteiger partial charge in [-0.05, 0) is 42.5 Å². The van der Waals surface area contributed by atoms with Crippen LogP contribution in [0, 0.1) is 0 Å². The van der Waals surface area contributed by atoms with Crippen molar-refractivity contribution in [1.82, 2.24) is 14.5 Å². The average molecular weight is 453 g/mol. The molecule has 31 heavy (non-hydrogen) atoms. The van der Waals surface area contributed by atoms with Crippen LogP contribution in [0.1, 0.15) is 5.56 Å². The number of ether oxygens (including phenoxy) is 1. The number of sulfonamides is 1. The Kier molecular flexibility index (Phi) is 6.46. The molecule has 1 N–H and O–H groups in total. The molecule has 0 aliphatic carbocycles. The van der Waals surface area contributed by atoms with Gasteiger partial charge in [-0.1, -0.05) is 12.1 Å². The number of nitrogens with one attached hydrogen (secondary N) is 1. The summed E-state index contributed by atoms with van der Waals surface area (Å²) in [6, 6.07) is 13.6. The normalized spacial score (nSPS) is 12.0. The van der Waals surface area contributed by atoms with Crippen LogP contribution in [-0.4, -0.2) is 31.9 Å². The van der Waals surface area contributed by atoms with Crippen LogP contribution in [-0.2, 0) is 22.7 Å². The molecule has 0 atom stereocenters. The SMILES string of the molecule is COc1ccc(-c2ccc(=O)n(CCNS(=O)(=O)c3ccccc3C(F)(F)F)n2)cc1. The molecule has 0 radical (unpaired) electrons. The third kappa shape index (κ3) is 5.30. The molecule has 3 aromatic rings. The van der Waals surface area contributed by atoms with E-state index >= 15 is 0 Å². The summed E-state index contributed by atoms with van der Waals surface area (Å²) in [7, 11) is -2.92. The van der Waals surface area contributed by atoms with E-state index in [9.17, 15) is 26.4 Å². The summed E-state index contributed by atoms with van der Waals surface area (Å²) in [5.41, 5.74) is -0.576. The molecular weight excluding hydrogens is 435 g/mol. The lowest BCUT2D eigenvalue weighted by Gasteiger charge is -2.14. The highest BCUT2D eigenvalue weighted by Gasteiger charge is 2.36. The molecule has 0 saturated heterocycles. The van der Waals surface area contributed by atoms with Gasteiger partial charge in [-0.3, -0.25) is 4.79 Å². The number of alkyl halides is 3. The molecule has 0 saturated carbocycles. The fourth-order valence-electron chi connectivity index (χ4n) is 2.82. The van der Waals surface area contributed by atoms with Gasteiger partial charge >= 0.3 is 6.18 Å². The van der Waals surface area contributed by atoms with Gasteiger partial charge in [0, 0.05) is 18.2 Å². The molecule has 0 bridgehead atoms. The van der Waals surface area contributed by atoms with E-state index in [-0.39, 0.29) is 13.1 Å². The predicted molar refractivity (Wildman–Crippen MR) is 107 cm³/mol. The second-order valence-corrected chi connectivity index (χ2v) is 8.14. The van der Waals surface area contributed by atoms with Crippen LogP contribution in [0.4, 0.5) is 13.2 Å².